The minimum absolute atomic E-state index is 0.127. The molecule has 2 aromatic carbocycles. The van der Waals surface area contributed by atoms with Gasteiger partial charge in [-0.05, 0) is 48.5 Å². The number of fused-ring (bicyclic) bond motifs is 1. The van der Waals surface area contributed by atoms with Crippen LogP contribution in [0.1, 0.15) is 10.5 Å². The molecule has 0 aliphatic carbocycles. The first-order valence-corrected chi connectivity index (χ1v) is 9.82. The second-order valence-electron chi connectivity index (χ2n) is 6.93. The van der Waals surface area contributed by atoms with E-state index >= 15 is 0 Å². The average molecular weight is 413 g/mol. The van der Waals surface area contributed by atoms with Crippen LogP contribution in [0.3, 0.4) is 0 Å². The molecule has 1 aliphatic rings. The minimum atomic E-state index is -0.127. The topological polar surface area (TPSA) is 91.2 Å². The SMILES string of the molecule is COc1ccc(Oc2ccccc2-c2nccc(-c3cc4n(n3)CCNC4=O)n2)cc1. The lowest BCUT2D eigenvalue weighted by Gasteiger charge is -2.13. The predicted molar refractivity (Wildman–Crippen MR) is 114 cm³/mol. The van der Waals surface area contributed by atoms with Crippen molar-refractivity contribution < 1.29 is 14.3 Å². The summed E-state index contributed by atoms with van der Waals surface area (Å²) in [6.07, 6.45) is 1.68. The van der Waals surface area contributed by atoms with E-state index in [0.717, 1.165) is 11.3 Å². The van der Waals surface area contributed by atoms with Gasteiger partial charge in [0.2, 0.25) is 0 Å². The molecule has 5 rings (SSSR count). The molecule has 0 radical (unpaired) electrons. The molecule has 8 heteroatoms. The molecular weight excluding hydrogens is 394 g/mol. The molecule has 1 aliphatic heterocycles. The van der Waals surface area contributed by atoms with Crippen LogP contribution in [0.25, 0.3) is 22.8 Å². The number of ether oxygens (including phenoxy) is 2. The van der Waals surface area contributed by atoms with Gasteiger partial charge in [-0.15, -0.1) is 0 Å². The molecule has 1 amide bonds. The third kappa shape index (κ3) is 3.71. The average Bonchev–Trinajstić information content (AvgIpc) is 3.26. The van der Waals surface area contributed by atoms with Crippen molar-refractivity contribution >= 4 is 5.91 Å². The Bertz CT molecular complexity index is 1250. The number of carbonyl (C=O) groups excluding carboxylic acids is 1. The summed E-state index contributed by atoms with van der Waals surface area (Å²) in [6, 6.07) is 18.5. The second kappa shape index (κ2) is 7.91. The van der Waals surface area contributed by atoms with Gasteiger partial charge in [-0.1, -0.05) is 12.1 Å². The van der Waals surface area contributed by atoms with Crippen LogP contribution in [-0.4, -0.2) is 39.3 Å². The van der Waals surface area contributed by atoms with Crippen molar-refractivity contribution in [3.05, 3.63) is 72.6 Å². The molecule has 1 N–H and O–H groups in total. The molecule has 0 fully saturated rings. The fourth-order valence-corrected chi connectivity index (χ4v) is 3.40. The number of benzene rings is 2. The van der Waals surface area contributed by atoms with Crippen molar-refractivity contribution in [3.8, 4) is 40.0 Å². The Morgan fingerprint density at radius 1 is 1.00 bits per heavy atom. The van der Waals surface area contributed by atoms with Crippen molar-refractivity contribution in [2.45, 2.75) is 6.54 Å². The maximum Gasteiger partial charge on any atom is 0.269 e. The summed E-state index contributed by atoms with van der Waals surface area (Å²) in [7, 11) is 1.62. The second-order valence-corrected chi connectivity index (χ2v) is 6.93. The Labute approximate surface area is 178 Å². The van der Waals surface area contributed by atoms with Crippen LogP contribution in [0.2, 0.25) is 0 Å². The predicted octanol–water partition coefficient (Wildman–Crippen LogP) is 3.55. The zero-order chi connectivity index (χ0) is 21.2. The number of rotatable bonds is 5. The van der Waals surface area contributed by atoms with Crippen LogP contribution in [-0.2, 0) is 6.54 Å². The number of nitrogens with zero attached hydrogens (tertiary/aromatic N) is 4. The number of amides is 1. The standard InChI is InChI=1S/C23H19N5O3/c1-30-15-6-8-16(9-7-15)31-21-5-3-2-4-17(21)22-24-11-10-18(26-22)19-14-20-23(29)25-12-13-28(20)27-19/h2-11,14H,12-13H2,1H3,(H,25,29). The number of para-hydroxylation sites is 1. The number of aromatic nitrogens is 4. The molecule has 154 valence electrons. The van der Waals surface area contributed by atoms with Crippen LogP contribution >= 0.6 is 0 Å². The fraction of sp³-hybridized carbons (Fsp3) is 0.130. The van der Waals surface area contributed by atoms with Gasteiger partial charge in [0.05, 0.1) is 24.9 Å². The molecule has 0 unspecified atom stereocenters. The highest BCUT2D eigenvalue weighted by Gasteiger charge is 2.21. The highest BCUT2D eigenvalue weighted by molar-refractivity contribution is 5.94. The monoisotopic (exact) mass is 413 g/mol. The van der Waals surface area contributed by atoms with Gasteiger partial charge in [0.15, 0.2) is 5.82 Å². The lowest BCUT2D eigenvalue weighted by atomic mass is 10.1. The summed E-state index contributed by atoms with van der Waals surface area (Å²) < 4.78 is 13.0. The van der Waals surface area contributed by atoms with Crippen LogP contribution < -0.4 is 14.8 Å². The third-order valence-electron chi connectivity index (χ3n) is 4.95. The molecule has 4 aromatic rings. The maximum absolute atomic E-state index is 12.0. The molecule has 3 heterocycles. The van der Waals surface area contributed by atoms with Gasteiger partial charge < -0.3 is 14.8 Å². The molecule has 31 heavy (non-hydrogen) atoms. The number of methoxy groups -OCH3 is 1. The molecule has 2 aromatic heterocycles. The van der Waals surface area contributed by atoms with Gasteiger partial charge >= 0.3 is 0 Å². The molecule has 0 saturated carbocycles. The number of hydrogen-bond donors (Lipinski definition) is 1. The molecule has 0 spiro atoms. The van der Waals surface area contributed by atoms with Crippen molar-refractivity contribution in [3.63, 3.8) is 0 Å². The molecule has 8 nitrogen and oxygen atoms in total. The summed E-state index contributed by atoms with van der Waals surface area (Å²) in [5.74, 6) is 2.45. The van der Waals surface area contributed by atoms with Gasteiger partial charge in [-0.3, -0.25) is 9.48 Å². The Morgan fingerprint density at radius 2 is 1.81 bits per heavy atom. The Kier molecular flexibility index (Phi) is 4.80. The van der Waals surface area contributed by atoms with Crippen molar-refractivity contribution in [1.82, 2.24) is 25.1 Å². The quantitative estimate of drug-likeness (QED) is 0.538. The van der Waals surface area contributed by atoms with Crippen molar-refractivity contribution in [2.24, 2.45) is 0 Å². The molecule has 0 bridgehead atoms. The van der Waals surface area contributed by atoms with Crippen LogP contribution in [0.15, 0.2) is 66.9 Å². The van der Waals surface area contributed by atoms with E-state index in [1.807, 2.05) is 48.5 Å². The zero-order valence-corrected chi connectivity index (χ0v) is 16.8. The third-order valence-corrected chi connectivity index (χ3v) is 4.95. The maximum atomic E-state index is 12.0. The normalized spacial score (nSPS) is 12.7. The van der Waals surface area contributed by atoms with Crippen LogP contribution in [0.4, 0.5) is 0 Å². The first-order chi connectivity index (χ1) is 15.2. The first kappa shape index (κ1) is 18.8. The number of hydrogen-bond acceptors (Lipinski definition) is 6. The van der Waals surface area contributed by atoms with Gasteiger partial charge in [-0.25, -0.2) is 9.97 Å². The van der Waals surface area contributed by atoms with E-state index in [1.54, 1.807) is 30.1 Å². The van der Waals surface area contributed by atoms with Crippen LogP contribution in [0.5, 0.6) is 17.2 Å². The van der Waals surface area contributed by atoms with Crippen molar-refractivity contribution in [1.29, 1.82) is 0 Å². The summed E-state index contributed by atoms with van der Waals surface area (Å²) >= 11 is 0. The van der Waals surface area contributed by atoms with Gasteiger partial charge in [0.25, 0.3) is 5.91 Å². The summed E-state index contributed by atoms with van der Waals surface area (Å²) in [5.41, 5.74) is 2.55. The van der Waals surface area contributed by atoms with E-state index in [2.05, 4.69) is 15.4 Å². The zero-order valence-electron chi connectivity index (χ0n) is 16.8. The smallest absolute Gasteiger partial charge is 0.269 e. The van der Waals surface area contributed by atoms with Crippen molar-refractivity contribution in [2.75, 3.05) is 13.7 Å². The van der Waals surface area contributed by atoms with E-state index in [4.69, 9.17) is 14.5 Å². The number of nitrogens with one attached hydrogen (secondary N) is 1. The number of carbonyl (C=O) groups is 1. The fourth-order valence-electron chi connectivity index (χ4n) is 3.40. The molecular formula is C23H19N5O3. The van der Waals surface area contributed by atoms with Crippen LogP contribution in [0, 0.1) is 0 Å². The first-order valence-electron chi connectivity index (χ1n) is 9.82. The largest absolute Gasteiger partial charge is 0.497 e. The Morgan fingerprint density at radius 3 is 2.61 bits per heavy atom. The van der Waals surface area contributed by atoms with Gasteiger partial charge in [-0.2, -0.15) is 5.10 Å². The molecule has 0 saturated heterocycles. The van der Waals surface area contributed by atoms with E-state index in [-0.39, 0.29) is 5.91 Å². The highest BCUT2D eigenvalue weighted by atomic mass is 16.5. The van der Waals surface area contributed by atoms with E-state index in [0.29, 0.717) is 47.5 Å². The highest BCUT2D eigenvalue weighted by Crippen LogP contribution is 2.32. The lowest BCUT2D eigenvalue weighted by Crippen LogP contribution is -2.35. The minimum Gasteiger partial charge on any atom is -0.497 e. The van der Waals surface area contributed by atoms with E-state index in [9.17, 15) is 4.79 Å². The Hall–Kier alpha value is -4.20. The van der Waals surface area contributed by atoms with Gasteiger partial charge in [0, 0.05) is 12.7 Å². The molecule has 0 atom stereocenters. The van der Waals surface area contributed by atoms with E-state index in [1.165, 1.54) is 0 Å². The summed E-state index contributed by atoms with van der Waals surface area (Å²) in [4.78, 5) is 21.2. The van der Waals surface area contributed by atoms with Gasteiger partial charge in [0.1, 0.15) is 28.6 Å². The van der Waals surface area contributed by atoms with E-state index < -0.39 is 0 Å². The Balaban J connectivity index is 1.48. The lowest BCUT2D eigenvalue weighted by molar-refractivity contribution is 0.0924. The summed E-state index contributed by atoms with van der Waals surface area (Å²) in [5, 5.41) is 7.36. The summed E-state index contributed by atoms with van der Waals surface area (Å²) in [6.45, 7) is 1.20.